The fraction of sp³-hybridized carbons (Fsp3) is 0.353. The van der Waals surface area contributed by atoms with Crippen LogP contribution in [0.25, 0.3) is 0 Å². The molecule has 3 nitrogen and oxygen atoms in total. The maximum Gasteiger partial charge on any atom is 0.220 e. The summed E-state index contributed by atoms with van der Waals surface area (Å²) in [5.74, 6) is 0.124. The maximum atomic E-state index is 11.8. The molecule has 1 aromatic heterocycles. The van der Waals surface area contributed by atoms with Crippen LogP contribution in [0, 0.1) is 13.8 Å². The first-order chi connectivity index (χ1) is 9.65. The van der Waals surface area contributed by atoms with Crippen LogP contribution in [0.1, 0.15) is 28.9 Å². The highest BCUT2D eigenvalue weighted by Crippen LogP contribution is 2.09. The number of aromatic nitrogens is 1. The normalized spacial score (nSPS) is 10.5. The lowest BCUT2D eigenvalue weighted by atomic mass is 10.1. The summed E-state index contributed by atoms with van der Waals surface area (Å²) in [6.07, 6.45) is 2.23. The summed E-state index contributed by atoms with van der Waals surface area (Å²) in [6.45, 7) is 4.82. The average molecular weight is 270 g/mol. The van der Waals surface area contributed by atoms with Crippen LogP contribution in [-0.4, -0.2) is 17.4 Å². The Hall–Kier alpha value is -2.03. The van der Waals surface area contributed by atoms with Gasteiger partial charge < -0.3 is 10.3 Å². The van der Waals surface area contributed by atoms with Crippen molar-refractivity contribution in [2.45, 2.75) is 33.1 Å². The van der Waals surface area contributed by atoms with Crippen LogP contribution in [0.5, 0.6) is 0 Å². The van der Waals surface area contributed by atoms with Gasteiger partial charge in [0.15, 0.2) is 0 Å². The molecule has 1 heterocycles. The molecule has 0 saturated heterocycles. The van der Waals surface area contributed by atoms with E-state index in [1.165, 1.54) is 22.5 Å². The van der Waals surface area contributed by atoms with Gasteiger partial charge in [-0.1, -0.05) is 30.3 Å². The standard InChI is InChI=1S/C17H22N2O/c1-13-12-16(14(2)19-13)10-11-18-17(20)9-8-15-6-4-3-5-7-15/h3-7,12,19H,8-11H2,1-2H3,(H,18,20). The number of amides is 1. The number of H-pyrrole nitrogens is 1. The van der Waals surface area contributed by atoms with E-state index in [0.717, 1.165) is 12.8 Å². The molecule has 0 aliphatic heterocycles. The third-order valence-corrected chi connectivity index (χ3v) is 3.46. The van der Waals surface area contributed by atoms with Crippen molar-refractivity contribution in [3.8, 4) is 0 Å². The molecule has 0 radical (unpaired) electrons. The Bertz CT molecular complexity index is 558. The van der Waals surface area contributed by atoms with E-state index < -0.39 is 0 Å². The lowest BCUT2D eigenvalue weighted by Gasteiger charge is -2.05. The first-order valence-electron chi connectivity index (χ1n) is 7.11. The zero-order valence-corrected chi connectivity index (χ0v) is 12.2. The largest absolute Gasteiger partial charge is 0.362 e. The average Bonchev–Trinajstić information content (AvgIpc) is 2.76. The van der Waals surface area contributed by atoms with Gasteiger partial charge in [0.25, 0.3) is 0 Å². The first-order valence-corrected chi connectivity index (χ1v) is 7.11. The van der Waals surface area contributed by atoms with Crippen molar-refractivity contribution < 1.29 is 4.79 Å². The predicted octanol–water partition coefficient (Wildman–Crippen LogP) is 2.92. The molecule has 0 bridgehead atoms. The van der Waals surface area contributed by atoms with Crippen molar-refractivity contribution in [3.05, 3.63) is 58.9 Å². The van der Waals surface area contributed by atoms with Crippen LogP contribution in [0.4, 0.5) is 0 Å². The van der Waals surface area contributed by atoms with E-state index in [2.05, 4.69) is 42.3 Å². The summed E-state index contributed by atoms with van der Waals surface area (Å²) in [5, 5.41) is 2.99. The van der Waals surface area contributed by atoms with Gasteiger partial charge in [0.1, 0.15) is 0 Å². The lowest BCUT2D eigenvalue weighted by Crippen LogP contribution is -2.25. The van der Waals surface area contributed by atoms with E-state index in [-0.39, 0.29) is 5.91 Å². The first kappa shape index (κ1) is 14.4. The summed E-state index contributed by atoms with van der Waals surface area (Å²) in [7, 11) is 0. The molecule has 106 valence electrons. The summed E-state index contributed by atoms with van der Waals surface area (Å²) in [5.41, 5.74) is 4.86. The molecule has 20 heavy (non-hydrogen) atoms. The van der Waals surface area contributed by atoms with Gasteiger partial charge in [-0.2, -0.15) is 0 Å². The fourth-order valence-electron chi connectivity index (χ4n) is 2.37. The van der Waals surface area contributed by atoms with Gasteiger partial charge in [-0.25, -0.2) is 0 Å². The summed E-state index contributed by atoms with van der Waals surface area (Å²) < 4.78 is 0. The van der Waals surface area contributed by atoms with Crippen molar-refractivity contribution in [1.29, 1.82) is 0 Å². The topological polar surface area (TPSA) is 44.9 Å². The second kappa shape index (κ2) is 6.94. The van der Waals surface area contributed by atoms with Crippen molar-refractivity contribution in [1.82, 2.24) is 10.3 Å². The molecule has 0 atom stereocenters. The van der Waals surface area contributed by atoms with Gasteiger partial charge in [-0.15, -0.1) is 0 Å². The highest BCUT2D eigenvalue weighted by Gasteiger charge is 2.04. The third kappa shape index (κ3) is 4.26. The Kier molecular flexibility index (Phi) is 4.99. The molecule has 0 aliphatic carbocycles. The third-order valence-electron chi connectivity index (χ3n) is 3.46. The van der Waals surface area contributed by atoms with Gasteiger partial charge in [-0.3, -0.25) is 4.79 Å². The quantitative estimate of drug-likeness (QED) is 0.833. The Morgan fingerprint density at radius 1 is 1.15 bits per heavy atom. The van der Waals surface area contributed by atoms with Crippen LogP contribution in [0.3, 0.4) is 0 Å². The van der Waals surface area contributed by atoms with Crippen molar-refractivity contribution in [2.75, 3.05) is 6.54 Å². The van der Waals surface area contributed by atoms with Crippen LogP contribution in [0.15, 0.2) is 36.4 Å². The Morgan fingerprint density at radius 2 is 1.90 bits per heavy atom. The molecule has 0 spiro atoms. The van der Waals surface area contributed by atoms with E-state index in [0.29, 0.717) is 13.0 Å². The smallest absolute Gasteiger partial charge is 0.220 e. The fourth-order valence-corrected chi connectivity index (χ4v) is 2.37. The Labute approximate surface area is 120 Å². The van der Waals surface area contributed by atoms with Gasteiger partial charge in [0, 0.05) is 24.4 Å². The molecule has 2 rings (SSSR count). The Morgan fingerprint density at radius 3 is 2.55 bits per heavy atom. The number of benzene rings is 1. The number of aromatic amines is 1. The summed E-state index contributed by atoms with van der Waals surface area (Å²) in [6, 6.07) is 12.3. The van der Waals surface area contributed by atoms with E-state index in [1.54, 1.807) is 0 Å². The molecule has 2 N–H and O–H groups in total. The second-order valence-corrected chi connectivity index (χ2v) is 5.19. The number of nitrogens with one attached hydrogen (secondary N) is 2. The van der Waals surface area contributed by atoms with E-state index in [1.807, 2.05) is 18.2 Å². The second-order valence-electron chi connectivity index (χ2n) is 5.19. The molecule has 0 aliphatic rings. The minimum absolute atomic E-state index is 0.124. The molecule has 2 aromatic rings. The molecular weight excluding hydrogens is 248 g/mol. The molecule has 0 fully saturated rings. The number of carbonyl (C=O) groups excluding carboxylic acids is 1. The van der Waals surface area contributed by atoms with Crippen LogP contribution < -0.4 is 5.32 Å². The van der Waals surface area contributed by atoms with E-state index >= 15 is 0 Å². The monoisotopic (exact) mass is 270 g/mol. The number of rotatable bonds is 6. The lowest BCUT2D eigenvalue weighted by molar-refractivity contribution is -0.121. The van der Waals surface area contributed by atoms with Gasteiger partial charge >= 0.3 is 0 Å². The number of hydrogen-bond donors (Lipinski definition) is 2. The predicted molar refractivity (Wildman–Crippen MR) is 81.7 cm³/mol. The summed E-state index contributed by atoms with van der Waals surface area (Å²) in [4.78, 5) is 15.1. The van der Waals surface area contributed by atoms with Crippen LogP contribution >= 0.6 is 0 Å². The van der Waals surface area contributed by atoms with Crippen molar-refractivity contribution >= 4 is 5.91 Å². The molecule has 1 amide bonds. The highest BCUT2D eigenvalue weighted by atomic mass is 16.1. The molecule has 0 unspecified atom stereocenters. The van der Waals surface area contributed by atoms with E-state index in [4.69, 9.17) is 0 Å². The SMILES string of the molecule is Cc1cc(CCNC(=O)CCc2ccccc2)c(C)[nH]1. The maximum absolute atomic E-state index is 11.8. The van der Waals surface area contributed by atoms with Gasteiger partial charge in [-0.05, 0) is 43.9 Å². The van der Waals surface area contributed by atoms with Crippen LogP contribution in [0.2, 0.25) is 0 Å². The summed E-state index contributed by atoms with van der Waals surface area (Å²) >= 11 is 0. The van der Waals surface area contributed by atoms with Crippen molar-refractivity contribution in [2.24, 2.45) is 0 Å². The minimum Gasteiger partial charge on any atom is -0.362 e. The zero-order valence-electron chi connectivity index (χ0n) is 12.2. The highest BCUT2D eigenvalue weighted by molar-refractivity contribution is 5.76. The molecule has 3 heteroatoms. The van der Waals surface area contributed by atoms with E-state index in [9.17, 15) is 4.79 Å². The number of aryl methyl sites for hydroxylation is 3. The zero-order chi connectivity index (χ0) is 14.4. The van der Waals surface area contributed by atoms with Gasteiger partial charge in [0.2, 0.25) is 5.91 Å². The minimum atomic E-state index is 0.124. The molecular formula is C17H22N2O. The van der Waals surface area contributed by atoms with Gasteiger partial charge in [0.05, 0.1) is 0 Å². The number of hydrogen-bond acceptors (Lipinski definition) is 1. The Balaban J connectivity index is 1.69. The van der Waals surface area contributed by atoms with Crippen molar-refractivity contribution in [3.63, 3.8) is 0 Å². The van der Waals surface area contributed by atoms with Crippen LogP contribution in [-0.2, 0) is 17.6 Å². The molecule has 0 saturated carbocycles. The number of carbonyl (C=O) groups is 1. The molecule has 1 aromatic carbocycles.